The van der Waals surface area contributed by atoms with Crippen molar-refractivity contribution in [3.8, 4) is 45.0 Å². The summed E-state index contributed by atoms with van der Waals surface area (Å²) in [7, 11) is 0. The molecule has 4 amide bonds. The first kappa shape index (κ1) is 86.0. The number of aromatic nitrogens is 8. The molecule has 0 radical (unpaired) electrons. The summed E-state index contributed by atoms with van der Waals surface area (Å²) in [5, 5.41) is 14.5. The Hall–Kier alpha value is -13.4. The monoisotopic (exact) mass is 1640 g/mol. The maximum absolute atomic E-state index is 13.0. The topological polar surface area (TPSA) is 324 Å². The molecule has 12 N–H and O–H groups in total. The summed E-state index contributed by atoms with van der Waals surface area (Å²) in [6.45, 7) is 0. The van der Waals surface area contributed by atoms with E-state index in [1.54, 1.807) is 24.8 Å². The summed E-state index contributed by atoms with van der Waals surface area (Å²) in [5.41, 5.74) is 41.4. The Bertz CT molecular complexity index is 5600. The average Bonchev–Trinajstić information content (AvgIpc) is 0.819. The van der Waals surface area contributed by atoms with Gasteiger partial charge >= 0.3 is 0 Å². The van der Waals surface area contributed by atoms with Crippen molar-refractivity contribution in [2.45, 2.75) is 197 Å². The van der Waals surface area contributed by atoms with E-state index in [2.05, 4.69) is 77.6 Å². The first-order valence-electron chi connectivity index (χ1n) is 43.9. The predicted octanol–water partition coefficient (Wildman–Crippen LogP) is 22.1. The van der Waals surface area contributed by atoms with E-state index < -0.39 is 0 Å². The van der Waals surface area contributed by atoms with Gasteiger partial charge in [0.15, 0.2) is 23.3 Å². The van der Waals surface area contributed by atoms with Crippen LogP contribution < -0.4 is 44.2 Å². The van der Waals surface area contributed by atoms with Gasteiger partial charge in [-0.3, -0.25) is 19.2 Å². The minimum absolute atomic E-state index is 0.00234. The Labute approximate surface area is 721 Å². The molecule has 13 aromatic rings. The number of carbonyl (C=O) groups is 4. The van der Waals surface area contributed by atoms with Gasteiger partial charge in [-0.15, -0.1) is 0 Å². The highest BCUT2D eigenvalue weighted by Crippen LogP contribution is 2.41. The quantitative estimate of drug-likeness (QED) is 0.0276. The lowest BCUT2D eigenvalue weighted by atomic mass is 9.86. The summed E-state index contributed by atoms with van der Waals surface area (Å²) in [6.07, 6.45) is 34.2. The van der Waals surface area contributed by atoms with Gasteiger partial charge < -0.3 is 44.2 Å². The molecule has 9 aromatic carbocycles. The lowest BCUT2D eigenvalue weighted by Gasteiger charge is -2.23. The van der Waals surface area contributed by atoms with Gasteiger partial charge in [0.1, 0.15) is 0 Å². The summed E-state index contributed by atoms with van der Waals surface area (Å²) in [4.78, 5) is 89.2. The van der Waals surface area contributed by atoms with Crippen LogP contribution in [0.1, 0.15) is 216 Å². The largest absolute Gasteiger partial charge is 0.399 e. The fourth-order valence-electron chi connectivity index (χ4n) is 16.9. The van der Waals surface area contributed by atoms with Crippen molar-refractivity contribution in [2.75, 3.05) is 44.2 Å². The molecule has 0 aliphatic heterocycles. The zero-order chi connectivity index (χ0) is 84.9. The van der Waals surface area contributed by atoms with Crippen molar-refractivity contribution in [3.63, 3.8) is 0 Å². The van der Waals surface area contributed by atoms with Crippen LogP contribution in [0.3, 0.4) is 0 Å². The van der Waals surface area contributed by atoms with Crippen molar-refractivity contribution in [3.05, 3.63) is 300 Å². The Morgan fingerprint density at radius 3 is 0.902 bits per heavy atom. The van der Waals surface area contributed by atoms with E-state index in [9.17, 15) is 19.2 Å². The van der Waals surface area contributed by atoms with Gasteiger partial charge in [0, 0.05) is 81.5 Å². The lowest BCUT2D eigenvalue weighted by molar-refractivity contribution is -0.117. The number of hydrogen-bond donors (Lipinski definition) is 8. The molecule has 17 rings (SSSR count). The molecular weight excluding hydrogens is 1530 g/mol. The van der Waals surface area contributed by atoms with E-state index in [-0.39, 0.29) is 23.6 Å². The Morgan fingerprint density at radius 2 is 0.561 bits per heavy atom. The normalized spacial score (nSPS) is 14.4. The number of nitrogen functional groups attached to an aromatic ring is 4. The highest BCUT2D eigenvalue weighted by Gasteiger charge is 2.28. The molecule has 4 heterocycles. The number of hydrogen-bond acceptors (Lipinski definition) is 16. The molecular formula is C103H112N16O4. The molecule has 123 heavy (non-hydrogen) atoms. The second-order valence-corrected chi connectivity index (χ2v) is 32.8. The average molecular weight is 1640 g/mol. The highest BCUT2D eigenvalue weighted by molar-refractivity contribution is 5.94. The number of benzene rings is 9. The molecule has 628 valence electrons. The number of nitrogens with two attached hydrogens (primary N) is 4. The molecule has 0 spiro atoms. The van der Waals surface area contributed by atoms with Crippen LogP contribution in [0.5, 0.6) is 0 Å². The first-order chi connectivity index (χ1) is 60.2. The van der Waals surface area contributed by atoms with E-state index in [4.69, 9.17) is 42.9 Å². The van der Waals surface area contributed by atoms with Crippen molar-refractivity contribution >= 4 is 80.4 Å². The minimum atomic E-state index is -0.0723. The molecule has 4 saturated carbocycles. The van der Waals surface area contributed by atoms with Crippen molar-refractivity contribution in [2.24, 2.45) is 0 Å². The molecule has 4 aliphatic carbocycles. The maximum Gasteiger partial charge on any atom is 0.229 e. The van der Waals surface area contributed by atoms with Crippen molar-refractivity contribution < 1.29 is 19.2 Å². The Balaban J connectivity index is 0.000000134. The van der Waals surface area contributed by atoms with E-state index in [0.717, 1.165) is 177 Å². The molecule has 0 saturated heterocycles. The second-order valence-electron chi connectivity index (χ2n) is 32.8. The van der Waals surface area contributed by atoms with Crippen molar-refractivity contribution in [1.82, 2.24) is 39.9 Å². The van der Waals surface area contributed by atoms with E-state index >= 15 is 0 Å². The molecule has 20 nitrogen and oxygen atoms in total. The summed E-state index contributed by atoms with van der Waals surface area (Å²) in [5.74, 6) is 3.58. The van der Waals surface area contributed by atoms with Crippen LogP contribution in [0.2, 0.25) is 0 Å². The number of carbonyl (C=O) groups excluding carboxylic acids is 4. The van der Waals surface area contributed by atoms with Gasteiger partial charge in [0.25, 0.3) is 0 Å². The standard InChI is InChI=1S/C28H28N4O.C26H30N4O.C25H28N4O.C24H26N4O/c29-24-14-12-21(13-15-24)25-18-30-28(27(31-25)22-7-2-1-3-8-22)32-26(33)17-19-10-11-20-6-4-5-9-23(20)16-19;27-22-16-14-20(15-17-22)23-18-28-26(25(29-23)21-11-5-2-6-12-21)30-24(31)13-7-10-19-8-3-1-4-9-19;26-21-14-12-19(13-15-21)22-17-27-25(24(28-22)20-9-5-2-6-10-20)29-23(30)16-11-18-7-3-1-4-8-18;25-20-13-11-18(12-14-20)21-16-26-24(23(27-21)19-9-5-2-6-10-19)28-22(29)15-17-7-3-1-4-8-17/h4-6,9-16,18,22H,1-3,7-8,17,29H2,(H,30,32,33);1,3-4,8-9,14-18,21H,2,5-7,10-13,27H2,(H,28,30,31);1,3-4,7-8,12-15,17,20H,2,5-6,9-11,16,26H2,(H,27,29,30);1,3-4,7-8,11-14,16,19H,2,5-6,9-10,15,25H2,(H,26,28,29). The molecule has 0 unspecified atom stereocenters. The number of rotatable bonds is 23. The zero-order valence-corrected chi connectivity index (χ0v) is 70.2. The van der Waals surface area contributed by atoms with Crippen LogP contribution >= 0.6 is 0 Å². The zero-order valence-electron chi connectivity index (χ0n) is 70.2. The minimum Gasteiger partial charge on any atom is -0.399 e. The molecule has 4 fully saturated rings. The van der Waals surface area contributed by atoms with Gasteiger partial charge in [0.05, 0.1) is 83.2 Å². The summed E-state index contributed by atoms with van der Waals surface area (Å²) >= 11 is 0. The van der Waals surface area contributed by atoms with Gasteiger partial charge in [-0.1, -0.05) is 259 Å². The van der Waals surface area contributed by atoms with Crippen LogP contribution in [-0.4, -0.2) is 63.5 Å². The molecule has 4 aromatic heterocycles. The summed E-state index contributed by atoms with van der Waals surface area (Å²) in [6, 6.07) is 75.1. The number of nitrogens with one attached hydrogen (secondary N) is 4. The first-order valence-corrected chi connectivity index (χ1v) is 43.9. The summed E-state index contributed by atoms with van der Waals surface area (Å²) < 4.78 is 0. The third-order valence-electron chi connectivity index (χ3n) is 23.6. The third-order valence-corrected chi connectivity index (χ3v) is 23.6. The fourth-order valence-corrected chi connectivity index (χ4v) is 16.9. The SMILES string of the molecule is Nc1ccc(-c2cnc(NC(=O)CCCc3ccccc3)c(C3CCCCC3)n2)cc1.Nc1ccc(-c2cnc(NC(=O)CCc3ccccc3)c(C3CCCCC3)n2)cc1.Nc1ccc(-c2cnc(NC(=O)Cc3ccc4ccccc4c3)c(C3CCCCC3)n2)cc1.Nc1ccc(-c2cnc(NC(=O)Cc3ccccc3)c(C3CCCCC3)n2)cc1. The predicted molar refractivity (Wildman–Crippen MR) is 497 cm³/mol. The van der Waals surface area contributed by atoms with Crippen LogP contribution in [0, 0.1) is 0 Å². The van der Waals surface area contributed by atoms with Gasteiger partial charge in [0.2, 0.25) is 23.6 Å². The van der Waals surface area contributed by atoms with E-state index in [1.807, 2.05) is 194 Å². The van der Waals surface area contributed by atoms with Crippen LogP contribution in [0.4, 0.5) is 46.0 Å². The van der Waals surface area contributed by atoms with Crippen LogP contribution in [0.15, 0.2) is 255 Å². The van der Waals surface area contributed by atoms with Crippen LogP contribution in [-0.2, 0) is 44.9 Å². The highest BCUT2D eigenvalue weighted by atomic mass is 16.2. The number of nitrogens with zero attached hydrogens (tertiary/aromatic N) is 8. The number of amides is 4. The Kier molecular flexibility index (Phi) is 30.6. The number of fused-ring (bicyclic) bond motifs is 1. The molecule has 0 bridgehead atoms. The number of aryl methyl sites for hydroxylation is 2. The van der Waals surface area contributed by atoms with Gasteiger partial charge in [-0.25, -0.2) is 39.9 Å². The van der Waals surface area contributed by atoms with Crippen molar-refractivity contribution in [1.29, 1.82) is 0 Å². The third kappa shape index (κ3) is 25.1. The van der Waals surface area contributed by atoms with Gasteiger partial charge in [-0.05, 0) is 152 Å². The smallest absolute Gasteiger partial charge is 0.229 e. The molecule has 4 aliphatic rings. The lowest BCUT2D eigenvalue weighted by Crippen LogP contribution is -2.19. The Morgan fingerprint density at radius 1 is 0.276 bits per heavy atom. The van der Waals surface area contributed by atoms with Gasteiger partial charge in [-0.2, -0.15) is 0 Å². The maximum atomic E-state index is 13.0. The van der Waals surface area contributed by atoms with E-state index in [0.29, 0.717) is 79.0 Å². The number of anilines is 8. The van der Waals surface area contributed by atoms with Crippen LogP contribution in [0.25, 0.3) is 55.8 Å². The molecule has 20 heteroatoms. The van der Waals surface area contributed by atoms with E-state index in [1.165, 1.54) is 88.0 Å². The fraction of sp³-hybridized carbons (Fsp3) is 0.301. The second kappa shape index (κ2) is 43.7. The molecule has 0 atom stereocenters.